The average molecular weight is 703 g/mol. The van der Waals surface area contributed by atoms with Crippen LogP contribution in [-0.4, -0.2) is 39.9 Å². The maximum atomic E-state index is 11.4. The van der Waals surface area contributed by atoms with Crippen LogP contribution in [-0.2, 0) is 13.6 Å². The van der Waals surface area contributed by atoms with Gasteiger partial charge in [-0.2, -0.15) is 0 Å². The summed E-state index contributed by atoms with van der Waals surface area (Å²) in [6.07, 6.45) is 14.8. The number of carboxylic acids is 1. The lowest BCUT2D eigenvalue weighted by Gasteiger charge is -2.50. The lowest BCUT2D eigenvalue weighted by Crippen LogP contribution is -2.55. The van der Waals surface area contributed by atoms with Gasteiger partial charge in [0, 0.05) is 12.3 Å². The molecule has 0 aromatic rings. The predicted octanol–water partition coefficient (Wildman–Crippen LogP) is 13.1. The lowest BCUT2D eigenvalue weighted by molar-refractivity contribution is -0.137. The van der Waals surface area contributed by atoms with E-state index in [2.05, 4.69) is 116 Å². The molecule has 3 saturated carbocycles. The van der Waals surface area contributed by atoms with Crippen LogP contribution in [0, 0.1) is 29.1 Å². The summed E-state index contributed by atoms with van der Waals surface area (Å²) in [7, 11) is -4.14. The van der Waals surface area contributed by atoms with E-state index in [0.29, 0.717) is 63.3 Å². The molecule has 4 nitrogen and oxygen atoms in total. The van der Waals surface area contributed by atoms with Crippen LogP contribution in [0.25, 0.3) is 0 Å². The number of hydrogen-bond donors (Lipinski definition) is 1. The zero-order valence-corrected chi connectivity index (χ0v) is 36.1. The molecule has 3 aliphatic rings. The Kier molecular flexibility index (Phi) is 14.6. The summed E-state index contributed by atoms with van der Waals surface area (Å²) in [5, 5.41) is 9.35. The Bertz CT molecular complexity index is 1080. The summed E-state index contributed by atoms with van der Waals surface area (Å²) in [4.78, 5) is 11.4. The minimum Gasteiger partial charge on any atom is -0.481 e. The van der Waals surface area contributed by atoms with E-state index in [1.807, 2.05) is 0 Å². The topological polar surface area (TPSA) is 55.8 Å². The smallest absolute Gasteiger partial charge is 0.303 e. The minimum absolute atomic E-state index is 0.188. The van der Waals surface area contributed by atoms with Crippen LogP contribution in [0.3, 0.4) is 0 Å². The molecule has 1 N–H and O–H groups in total. The Morgan fingerprint density at radius 3 is 1.81 bits per heavy atom. The first-order valence-corrected chi connectivity index (χ1v) is 24.5. The van der Waals surface area contributed by atoms with Crippen molar-refractivity contribution in [3.63, 3.8) is 0 Å². The second kappa shape index (κ2) is 16.8. The summed E-state index contributed by atoms with van der Waals surface area (Å²) in [6, 6.07) is 0. The van der Waals surface area contributed by atoms with Gasteiger partial charge in [0.15, 0.2) is 0 Å². The standard InChI is InChI=1S/C42H78O4Si2/c1-27(2)47(28(3)4,29(5)6)45-37-25-36(34(14)40(26-37)46-48(30(7)8,31(9)10)32(11)12)20-19-35-17-16-24-42(15)38(21-22-39(35)42)33(13)18-23-41(43)44/h19-20,27-34,37-40H,16-18,21-26H2,1-15H3,(H,43,44)/t33-,34-,37+,38-,39+,40-,42-/m1/s1. The third kappa shape index (κ3) is 8.33. The number of rotatable bonds is 15. The molecule has 0 unspecified atom stereocenters. The van der Waals surface area contributed by atoms with E-state index in [-0.39, 0.29) is 17.6 Å². The van der Waals surface area contributed by atoms with Gasteiger partial charge < -0.3 is 14.0 Å². The SMILES string of the molecule is CC(C)[Si](O[C@H]1CC(=CC=C2CCC[C@]3(C)[C@@H]([C@H](C)CCC(=O)O)CC[C@@H]23)[C@@H](C)[C@H](O[Si](C(C)C)(C(C)C)C(C)C)C1)(C(C)C)C(C)C. The number of carbonyl (C=O) groups is 1. The second-order valence-corrected chi connectivity index (χ2v) is 29.6. The van der Waals surface area contributed by atoms with Crippen LogP contribution in [0.1, 0.15) is 162 Å². The van der Waals surface area contributed by atoms with Crippen molar-refractivity contribution in [2.75, 3.05) is 0 Å². The average Bonchev–Trinajstić information content (AvgIpc) is 3.34. The van der Waals surface area contributed by atoms with Crippen LogP contribution in [0.15, 0.2) is 23.3 Å². The van der Waals surface area contributed by atoms with Crippen LogP contribution >= 0.6 is 0 Å². The molecular formula is C42H78O4Si2. The van der Waals surface area contributed by atoms with Gasteiger partial charge in [-0.05, 0) is 108 Å². The van der Waals surface area contributed by atoms with E-state index < -0.39 is 22.6 Å². The van der Waals surface area contributed by atoms with Crippen LogP contribution in [0.5, 0.6) is 0 Å². The zero-order valence-electron chi connectivity index (χ0n) is 34.1. The van der Waals surface area contributed by atoms with E-state index in [1.165, 1.54) is 37.7 Å². The molecule has 48 heavy (non-hydrogen) atoms. The van der Waals surface area contributed by atoms with Crippen molar-refractivity contribution < 1.29 is 18.8 Å². The van der Waals surface area contributed by atoms with Crippen molar-refractivity contribution in [1.82, 2.24) is 0 Å². The third-order valence-corrected chi connectivity index (χ3v) is 26.6. The first kappa shape index (κ1) is 41.7. The van der Waals surface area contributed by atoms with E-state index in [9.17, 15) is 9.90 Å². The molecule has 0 amide bonds. The highest BCUT2D eigenvalue weighted by molar-refractivity contribution is 6.78. The summed E-state index contributed by atoms with van der Waals surface area (Å²) in [5.74, 6) is 1.41. The molecule has 278 valence electrons. The van der Waals surface area contributed by atoms with Crippen molar-refractivity contribution >= 4 is 22.6 Å². The van der Waals surface area contributed by atoms with Gasteiger partial charge in [-0.25, -0.2) is 0 Å². The molecule has 6 heteroatoms. The van der Waals surface area contributed by atoms with Gasteiger partial charge in [-0.15, -0.1) is 0 Å². The molecule has 0 heterocycles. The molecule has 3 aliphatic carbocycles. The van der Waals surface area contributed by atoms with Gasteiger partial charge in [-0.3, -0.25) is 4.79 Å². The van der Waals surface area contributed by atoms with E-state index in [0.717, 1.165) is 19.3 Å². The number of carboxylic acid groups (broad SMARTS) is 1. The van der Waals surface area contributed by atoms with Gasteiger partial charge in [0.1, 0.15) is 0 Å². The summed E-state index contributed by atoms with van der Waals surface area (Å²) in [6.45, 7) is 36.3. The zero-order chi connectivity index (χ0) is 36.4. The number of fused-ring (bicyclic) bond motifs is 1. The van der Waals surface area contributed by atoms with Crippen molar-refractivity contribution in [2.24, 2.45) is 29.1 Å². The number of hydrogen-bond acceptors (Lipinski definition) is 3. The van der Waals surface area contributed by atoms with Crippen molar-refractivity contribution in [2.45, 2.75) is 207 Å². The molecule has 0 aromatic heterocycles. The summed E-state index contributed by atoms with van der Waals surface area (Å²) < 4.78 is 15.3. The lowest BCUT2D eigenvalue weighted by atomic mass is 9.60. The molecular weight excluding hydrogens is 625 g/mol. The molecule has 0 bridgehead atoms. The molecule has 3 rings (SSSR count). The predicted molar refractivity (Wildman–Crippen MR) is 211 cm³/mol. The first-order valence-electron chi connectivity index (χ1n) is 20.2. The number of allylic oxidation sites excluding steroid dienone is 3. The molecule has 3 fully saturated rings. The van der Waals surface area contributed by atoms with Crippen molar-refractivity contribution in [3.05, 3.63) is 23.3 Å². The fourth-order valence-electron chi connectivity index (χ4n) is 12.0. The van der Waals surface area contributed by atoms with E-state index in [1.54, 1.807) is 5.57 Å². The van der Waals surface area contributed by atoms with Gasteiger partial charge in [0.2, 0.25) is 16.6 Å². The highest BCUT2D eigenvalue weighted by Gasteiger charge is 2.52. The molecule has 0 aliphatic heterocycles. The molecule has 0 radical (unpaired) electrons. The summed E-state index contributed by atoms with van der Waals surface area (Å²) >= 11 is 0. The highest BCUT2D eigenvalue weighted by atomic mass is 28.4. The molecule has 7 atom stereocenters. The second-order valence-electron chi connectivity index (χ2n) is 18.7. The van der Waals surface area contributed by atoms with Crippen LogP contribution < -0.4 is 0 Å². The Morgan fingerprint density at radius 1 is 0.812 bits per heavy atom. The van der Waals surface area contributed by atoms with Gasteiger partial charge in [0.25, 0.3) is 0 Å². The highest BCUT2D eigenvalue weighted by Crippen LogP contribution is 2.60. The van der Waals surface area contributed by atoms with Gasteiger partial charge in [0.05, 0.1) is 12.2 Å². The van der Waals surface area contributed by atoms with Crippen LogP contribution in [0.4, 0.5) is 0 Å². The maximum absolute atomic E-state index is 11.4. The fourth-order valence-corrected chi connectivity index (χ4v) is 23.3. The van der Waals surface area contributed by atoms with Gasteiger partial charge in [-0.1, -0.05) is 127 Å². The molecule has 0 spiro atoms. The molecule has 0 saturated heterocycles. The van der Waals surface area contributed by atoms with E-state index in [4.69, 9.17) is 8.85 Å². The van der Waals surface area contributed by atoms with Crippen molar-refractivity contribution in [3.8, 4) is 0 Å². The molecule has 0 aromatic carbocycles. The van der Waals surface area contributed by atoms with Crippen molar-refractivity contribution in [1.29, 1.82) is 0 Å². The maximum Gasteiger partial charge on any atom is 0.303 e. The monoisotopic (exact) mass is 703 g/mol. The third-order valence-electron chi connectivity index (χ3n) is 14.3. The largest absolute Gasteiger partial charge is 0.481 e. The minimum atomic E-state index is -2.08. The van der Waals surface area contributed by atoms with E-state index >= 15 is 0 Å². The normalized spacial score (nSPS) is 31.3. The fraction of sp³-hybridized carbons (Fsp3) is 0.881. The number of aliphatic carboxylic acids is 1. The van der Waals surface area contributed by atoms with Crippen LogP contribution in [0.2, 0.25) is 33.2 Å². The Balaban J connectivity index is 2.03. The Morgan fingerprint density at radius 2 is 1.31 bits per heavy atom. The Hall–Kier alpha value is -0.696. The Labute approximate surface area is 299 Å². The quantitative estimate of drug-likeness (QED) is 0.173. The first-order chi connectivity index (χ1) is 22.2. The van der Waals surface area contributed by atoms with Gasteiger partial charge >= 0.3 is 5.97 Å². The summed E-state index contributed by atoms with van der Waals surface area (Å²) in [5.41, 5.74) is 6.82.